The van der Waals surface area contributed by atoms with Crippen molar-refractivity contribution in [2.75, 3.05) is 33.8 Å². The van der Waals surface area contributed by atoms with Gasteiger partial charge in [0.1, 0.15) is 30.3 Å². The van der Waals surface area contributed by atoms with Crippen molar-refractivity contribution in [1.29, 1.82) is 5.26 Å². The maximum absolute atomic E-state index is 13.5. The van der Waals surface area contributed by atoms with Gasteiger partial charge in [-0.05, 0) is 51.9 Å². The van der Waals surface area contributed by atoms with E-state index in [4.69, 9.17) is 14.6 Å². The maximum atomic E-state index is 13.5. The second-order valence-corrected chi connectivity index (χ2v) is 20.7. The van der Waals surface area contributed by atoms with Crippen LogP contribution in [0.15, 0.2) is 37.1 Å². The molecule has 0 bridgehead atoms. The Balaban J connectivity index is 1.08. The molecule has 268 valence electrons. The van der Waals surface area contributed by atoms with Crippen LogP contribution in [0.3, 0.4) is 0 Å². The summed E-state index contributed by atoms with van der Waals surface area (Å²) in [4.78, 5) is 20.6. The summed E-state index contributed by atoms with van der Waals surface area (Å²) >= 11 is 0. The highest BCUT2D eigenvalue weighted by atomic mass is 28.3. The molecule has 4 aromatic heterocycles. The highest BCUT2D eigenvalue weighted by Gasteiger charge is 2.48. The Labute approximate surface area is 291 Å². The van der Waals surface area contributed by atoms with E-state index in [-0.39, 0.29) is 30.3 Å². The summed E-state index contributed by atoms with van der Waals surface area (Å²) in [6.07, 6.45) is 5.79. The molecule has 12 nitrogen and oxygen atoms in total. The Bertz CT molecular complexity index is 1820. The number of hydrogen-bond donors (Lipinski definition) is 0. The van der Waals surface area contributed by atoms with Crippen LogP contribution in [0.2, 0.25) is 25.7 Å². The van der Waals surface area contributed by atoms with Gasteiger partial charge in [-0.15, -0.1) is 0 Å². The number of rotatable bonds is 13. The van der Waals surface area contributed by atoms with Crippen molar-refractivity contribution in [3.63, 3.8) is 0 Å². The van der Waals surface area contributed by atoms with Gasteiger partial charge in [-0.25, -0.2) is 15.0 Å². The average molecular weight is 711 g/mol. The number of hydrogen-bond acceptors (Lipinski definition) is 10. The molecule has 50 heavy (non-hydrogen) atoms. The number of nitrogens with zero attached hydrogens (tertiary/aromatic N) is 10. The molecule has 4 aromatic rings. The first kappa shape index (κ1) is 35.9. The molecule has 5 heterocycles. The zero-order valence-electron chi connectivity index (χ0n) is 29.3. The minimum atomic E-state index is -4.66. The first-order chi connectivity index (χ1) is 23.7. The van der Waals surface area contributed by atoms with Crippen molar-refractivity contribution in [2.45, 2.75) is 94.9 Å². The molecule has 1 saturated carbocycles. The van der Waals surface area contributed by atoms with Gasteiger partial charge in [0, 0.05) is 69.8 Å². The number of fused-ring (bicyclic) bond motifs is 1. The van der Waals surface area contributed by atoms with Crippen molar-refractivity contribution in [3.8, 4) is 23.2 Å². The predicted octanol–water partition coefficient (Wildman–Crippen LogP) is 5.79. The van der Waals surface area contributed by atoms with Crippen LogP contribution in [0.1, 0.15) is 43.6 Å². The van der Waals surface area contributed by atoms with Gasteiger partial charge in [0.15, 0.2) is 0 Å². The Morgan fingerprint density at radius 3 is 2.54 bits per heavy atom. The van der Waals surface area contributed by atoms with Crippen molar-refractivity contribution >= 4 is 19.1 Å². The van der Waals surface area contributed by atoms with Gasteiger partial charge >= 0.3 is 6.18 Å². The molecule has 2 fully saturated rings. The van der Waals surface area contributed by atoms with Crippen LogP contribution in [-0.4, -0.2) is 98.1 Å². The highest BCUT2D eigenvalue weighted by Crippen LogP contribution is 2.39. The molecule has 1 aliphatic heterocycles. The van der Waals surface area contributed by atoms with Gasteiger partial charge < -0.3 is 18.9 Å². The molecule has 6 rings (SSSR count). The molecule has 0 aromatic carbocycles. The van der Waals surface area contributed by atoms with Gasteiger partial charge in [-0.2, -0.15) is 28.5 Å². The molecule has 1 saturated heterocycles. The van der Waals surface area contributed by atoms with E-state index in [0.717, 1.165) is 47.8 Å². The number of halogens is 3. The fourth-order valence-electron chi connectivity index (χ4n) is 6.80. The summed E-state index contributed by atoms with van der Waals surface area (Å²) in [7, 11) is 2.36. The molecule has 2 aliphatic rings. The van der Waals surface area contributed by atoms with E-state index in [9.17, 15) is 18.4 Å². The molecule has 0 atom stereocenters. The SMILES string of the molecule is CN(C)Cc1cc(OC2CCC(N3CC(CC#N)(n4cc(-c5ncnc6c5ccn6COCC[Si](C)(C)C)cn4)C3)CC2)nc(C(F)(F)F)n1. The molecule has 0 amide bonds. The summed E-state index contributed by atoms with van der Waals surface area (Å²) in [5.41, 5.74) is 2.24. The van der Waals surface area contributed by atoms with E-state index in [2.05, 4.69) is 50.5 Å². The normalized spacial score (nSPS) is 19.8. The number of aromatic nitrogens is 7. The van der Waals surface area contributed by atoms with Crippen molar-refractivity contribution in [3.05, 3.63) is 48.6 Å². The van der Waals surface area contributed by atoms with Crippen LogP contribution in [0.4, 0.5) is 13.2 Å². The lowest BCUT2D eigenvalue weighted by Crippen LogP contribution is -2.65. The van der Waals surface area contributed by atoms with Crippen molar-refractivity contribution < 1.29 is 22.6 Å². The van der Waals surface area contributed by atoms with Gasteiger partial charge in [0.2, 0.25) is 11.7 Å². The number of nitriles is 1. The molecular formula is C34H45F3N10O2Si. The fraction of sp³-hybridized carbons (Fsp3) is 0.588. The van der Waals surface area contributed by atoms with Crippen LogP contribution in [-0.2, 0) is 29.7 Å². The molecule has 1 aliphatic carbocycles. The summed E-state index contributed by atoms with van der Waals surface area (Å²) in [6, 6.07) is 7.25. The van der Waals surface area contributed by atoms with E-state index in [1.54, 1.807) is 31.5 Å². The van der Waals surface area contributed by atoms with Crippen LogP contribution in [0.25, 0.3) is 22.3 Å². The molecule has 0 radical (unpaired) electrons. The van der Waals surface area contributed by atoms with Crippen LogP contribution in [0.5, 0.6) is 5.88 Å². The first-order valence-electron chi connectivity index (χ1n) is 17.0. The Morgan fingerprint density at radius 1 is 1.10 bits per heavy atom. The molecule has 0 N–H and O–H groups in total. The minimum Gasteiger partial charge on any atom is -0.474 e. The Morgan fingerprint density at radius 2 is 1.86 bits per heavy atom. The third kappa shape index (κ3) is 8.17. The van der Waals surface area contributed by atoms with E-state index >= 15 is 0 Å². The lowest BCUT2D eigenvalue weighted by molar-refractivity contribution is -0.145. The van der Waals surface area contributed by atoms with Crippen molar-refractivity contribution in [2.24, 2.45) is 0 Å². The Hall–Kier alpha value is -3.91. The van der Waals surface area contributed by atoms with Crippen LogP contribution >= 0.6 is 0 Å². The number of alkyl halides is 3. The largest absolute Gasteiger partial charge is 0.474 e. The third-order valence-electron chi connectivity index (χ3n) is 9.46. The Kier molecular flexibility index (Phi) is 10.3. The van der Waals surface area contributed by atoms with Gasteiger partial charge in [-0.1, -0.05) is 19.6 Å². The number of likely N-dealkylation sites (tertiary alicyclic amines) is 1. The second-order valence-electron chi connectivity index (χ2n) is 15.0. The summed E-state index contributed by atoms with van der Waals surface area (Å²) in [5.74, 6) is -1.22. The van der Waals surface area contributed by atoms with E-state index in [0.29, 0.717) is 39.1 Å². The topological polar surface area (TPSA) is 123 Å². The lowest BCUT2D eigenvalue weighted by Gasteiger charge is -2.53. The monoisotopic (exact) mass is 710 g/mol. The maximum Gasteiger partial charge on any atom is 0.451 e. The van der Waals surface area contributed by atoms with Crippen molar-refractivity contribution in [1.82, 2.24) is 44.1 Å². The minimum absolute atomic E-state index is 0.0394. The van der Waals surface area contributed by atoms with Crippen LogP contribution < -0.4 is 4.74 Å². The van der Waals surface area contributed by atoms with Gasteiger partial charge in [-0.3, -0.25) is 9.58 Å². The van der Waals surface area contributed by atoms with Gasteiger partial charge in [0.25, 0.3) is 0 Å². The summed E-state index contributed by atoms with van der Waals surface area (Å²) in [6.45, 7) is 9.74. The smallest absolute Gasteiger partial charge is 0.451 e. The summed E-state index contributed by atoms with van der Waals surface area (Å²) < 4.78 is 56.3. The fourth-order valence-corrected chi connectivity index (χ4v) is 7.56. The van der Waals surface area contributed by atoms with Gasteiger partial charge in [0.05, 0.1) is 30.1 Å². The standard InChI is InChI=1S/C34H45F3N10O2Si/c1-44(2)19-25-16-29(43-32(42-25)34(35,36)37)49-27-8-6-26(7-9-27)46-20-33(21-46,11-12-38)47-18-24(17-41-47)30-28-10-13-45(31(28)40-22-39-30)23-48-14-15-50(3,4)5/h10,13,16-18,22,26-27H,6-9,11,14-15,19-21,23H2,1-5H3. The van der Waals surface area contributed by atoms with E-state index in [1.165, 1.54) is 6.07 Å². The van der Waals surface area contributed by atoms with Crippen LogP contribution in [0, 0.1) is 11.3 Å². The zero-order chi connectivity index (χ0) is 35.7. The molecule has 0 spiro atoms. The second kappa shape index (κ2) is 14.4. The number of ether oxygens (including phenoxy) is 2. The highest BCUT2D eigenvalue weighted by molar-refractivity contribution is 6.76. The molecule has 16 heteroatoms. The molecule has 0 unspecified atom stereocenters. The quantitative estimate of drug-likeness (QED) is 0.124. The predicted molar refractivity (Wildman–Crippen MR) is 184 cm³/mol. The lowest BCUT2D eigenvalue weighted by atomic mass is 9.82. The summed E-state index contributed by atoms with van der Waals surface area (Å²) in [5, 5.41) is 15.4. The average Bonchev–Trinajstić information content (AvgIpc) is 3.68. The molecular weight excluding hydrogens is 666 g/mol. The first-order valence-corrected chi connectivity index (χ1v) is 20.7. The van der Waals surface area contributed by atoms with E-state index < -0.39 is 25.6 Å². The third-order valence-corrected chi connectivity index (χ3v) is 11.2. The zero-order valence-corrected chi connectivity index (χ0v) is 30.3. The van der Waals surface area contributed by atoms with E-state index in [1.807, 2.05) is 27.7 Å².